The third-order valence-corrected chi connectivity index (χ3v) is 7.17. The molecule has 0 aliphatic carbocycles. The van der Waals surface area contributed by atoms with E-state index in [9.17, 15) is 9.59 Å². The summed E-state index contributed by atoms with van der Waals surface area (Å²) in [4.78, 5) is 30.3. The zero-order valence-electron chi connectivity index (χ0n) is 20.4. The Hall–Kier alpha value is -4.43. The molecule has 0 saturated heterocycles. The minimum Gasteiger partial charge on any atom is -0.496 e. The maximum atomic E-state index is 13.7. The van der Waals surface area contributed by atoms with Crippen molar-refractivity contribution in [1.82, 2.24) is 9.99 Å². The first kappa shape index (κ1) is 23.9. The minimum atomic E-state index is -0.500. The van der Waals surface area contributed by atoms with Gasteiger partial charge in [0.1, 0.15) is 5.75 Å². The molecule has 38 heavy (non-hydrogen) atoms. The zero-order valence-corrected chi connectivity index (χ0v) is 21.9. The Morgan fingerprint density at radius 2 is 1.82 bits per heavy atom. The number of hydrogen-bond acceptors (Lipinski definition) is 5. The molecule has 3 aromatic carbocycles. The average molecular weight is 568 g/mol. The summed E-state index contributed by atoms with van der Waals surface area (Å²) in [5.74, 6) is 0.391. The molecule has 0 fully saturated rings. The highest BCUT2D eigenvalue weighted by Crippen LogP contribution is 2.40. The van der Waals surface area contributed by atoms with Crippen molar-refractivity contribution in [2.75, 3.05) is 7.11 Å². The van der Waals surface area contributed by atoms with Crippen molar-refractivity contribution < 1.29 is 13.9 Å². The van der Waals surface area contributed by atoms with Gasteiger partial charge >= 0.3 is 5.91 Å². The molecular formula is C30H22BrN3O4. The highest BCUT2D eigenvalue weighted by atomic mass is 79.9. The van der Waals surface area contributed by atoms with Crippen LogP contribution in [0.2, 0.25) is 0 Å². The van der Waals surface area contributed by atoms with Crippen LogP contribution >= 0.6 is 15.9 Å². The maximum Gasteiger partial charge on any atom is 0.310 e. The summed E-state index contributed by atoms with van der Waals surface area (Å²) in [5, 5.41) is 7.04. The van der Waals surface area contributed by atoms with Gasteiger partial charge in [0.15, 0.2) is 5.76 Å². The van der Waals surface area contributed by atoms with E-state index in [-0.39, 0.29) is 11.3 Å². The van der Waals surface area contributed by atoms with Gasteiger partial charge in [-0.2, -0.15) is 5.10 Å². The number of aromatic nitrogens is 1. The molecule has 3 heterocycles. The lowest BCUT2D eigenvalue weighted by atomic mass is 9.91. The Bertz CT molecular complexity index is 1740. The second-order valence-electron chi connectivity index (χ2n) is 8.90. The van der Waals surface area contributed by atoms with Crippen LogP contribution in [0.25, 0.3) is 22.0 Å². The number of ether oxygens (including phenoxy) is 1. The topological polar surface area (TPSA) is 87.9 Å². The van der Waals surface area contributed by atoms with E-state index < -0.39 is 11.9 Å². The summed E-state index contributed by atoms with van der Waals surface area (Å²) in [5.41, 5.74) is 3.79. The second kappa shape index (κ2) is 9.79. The minimum absolute atomic E-state index is 0.162. The smallest absolute Gasteiger partial charge is 0.310 e. The highest BCUT2D eigenvalue weighted by Gasteiger charge is 2.38. The Kier molecular flexibility index (Phi) is 6.17. The summed E-state index contributed by atoms with van der Waals surface area (Å²) < 4.78 is 11.9. The lowest BCUT2D eigenvalue weighted by Gasteiger charge is -2.22. The Morgan fingerprint density at radius 1 is 1.03 bits per heavy atom. The highest BCUT2D eigenvalue weighted by molar-refractivity contribution is 9.10. The van der Waals surface area contributed by atoms with Gasteiger partial charge in [-0.15, -0.1) is 0 Å². The molecule has 0 bridgehead atoms. The number of hydrogen-bond donors (Lipinski definition) is 1. The molecule has 0 saturated carbocycles. The van der Waals surface area contributed by atoms with Crippen molar-refractivity contribution in [3.8, 4) is 16.9 Å². The number of nitrogens with one attached hydrogen (secondary N) is 1. The zero-order chi connectivity index (χ0) is 26.2. The van der Waals surface area contributed by atoms with E-state index in [2.05, 4.69) is 20.9 Å². The van der Waals surface area contributed by atoms with Gasteiger partial charge in [0.2, 0.25) is 0 Å². The van der Waals surface area contributed by atoms with Crippen LogP contribution in [0.15, 0.2) is 110 Å². The second-order valence-corrected chi connectivity index (χ2v) is 9.81. The molecule has 1 amide bonds. The van der Waals surface area contributed by atoms with Gasteiger partial charge in [-0.25, -0.2) is 5.01 Å². The van der Waals surface area contributed by atoms with E-state index in [4.69, 9.17) is 14.3 Å². The fourth-order valence-electron chi connectivity index (χ4n) is 4.99. The van der Waals surface area contributed by atoms with E-state index in [0.717, 1.165) is 26.5 Å². The molecule has 2 aromatic heterocycles. The fourth-order valence-corrected chi connectivity index (χ4v) is 5.35. The fraction of sp³-hybridized carbons (Fsp3) is 0.100. The van der Waals surface area contributed by atoms with Crippen LogP contribution in [0, 0.1) is 0 Å². The first-order valence-electron chi connectivity index (χ1n) is 12.0. The molecule has 6 rings (SSSR count). The number of fused-ring (bicyclic) bond motifs is 1. The first-order valence-corrected chi connectivity index (χ1v) is 12.8. The number of methoxy groups -OCH3 is 1. The molecule has 0 spiro atoms. The Morgan fingerprint density at radius 3 is 2.58 bits per heavy atom. The van der Waals surface area contributed by atoms with Crippen molar-refractivity contribution >= 4 is 38.5 Å². The summed E-state index contributed by atoms with van der Waals surface area (Å²) in [6.07, 6.45) is 1.76. The van der Waals surface area contributed by atoms with Crippen molar-refractivity contribution in [1.29, 1.82) is 0 Å². The molecular weight excluding hydrogens is 546 g/mol. The van der Waals surface area contributed by atoms with Crippen molar-refractivity contribution in [2.24, 2.45) is 5.10 Å². The number of benzene rings is 3. The number of nitrogens with zero attached hydrogens (tertiary/aromatic N) is 2. The van der Waals surface area contributed by atoms with Gasteiger partial charge in [0.05, 0.1) is 30.7 Å². The van der Waals surface area contributed by atoms with Crippen LogP contribution in [0.3, 0.4) is 0 Å². The van der Waals surface area contributed by atoms with Crippen LogP contribution in [-0.2, 0) is 0 Å². The number of amides is 1. The van der Waals surface area contributed by atoms with Crippen molar-refractivity contribution in [3.63, 3.8) is 0 Å². The third kappa shape index (κ3) is 4.13. The van der Waals surface area contributed by atoms with Crippen molar-refractivity contribution in [2.45, 2.75) is 12.5 Å². The van der Waals surface area contributed by atoms with E-state index in [1.807, 2.05) is 72.8 Å². The number of H-pyrrole nitrogens is 1. The van der Waals surface area contributed by atoms with E-state index in [0.29, 0.717) is 29.0 Å². The molecule has 0 radical (unpaired) electrons. The van der Waals surface area contributed by atoms with E-state index >= 15 is 0 Å². The van der Waals surface area contributed by atoms with Gasteiger partial charge in [-0.1, -0.05) is 64.5 Å². The van der Waals surface area contributed by atoms with Gasteiger partial charge in [0, 0.05) is 32.9 Å². The first-order chi connectivity index (χ1) is 18.5. The van der Waals surface area contributed by atoms with Crippen LogP contribution in [-0.4, -0.2) is 28.7 Å². The lowest BCUT2D eigenvalue weighted by molar-refractivity contribution is 0.0677. The average Bonchev–Trinajstić information content (AvgIpc) is 3.64. The summed E-state index contributed by atoms with van der Waals surface area (Å²) in [7, 11) is 1.59. The molecule has 5 aromatic rings. The SMILES string of the molecule is COc1ccccc1[C@@H]1CC(c2c(-c3ccccc3)c3cc(Br)ccc3[nH]c2=O)=NN1C(=O)c1ccco1. The number of aromatic amines is 1. The Labute approximate surface area is 226 Å². The summed E-state index contributed by atoms with van der Waals surface area (Å²) in [6, 6.07) is 25.8. The van der Waals surface area contributed by atoms with Crippen molar-refractivity contribution in [3.05, 3.63) is 123 Å². The largest absolute Gasteiger partial charge is 0.496 e. The number of carbonyl (C=O) groups is 1. The van der Waals surface area contributed by atoms with Crippen LogP contribution in [0.4, 0.5) is 0 Å². The number of carbonyl (C=O) groups excluding carboxylic acids is 1. The van der Waals surface area contributed by atoms with E-state index in [1.54, 1.807) is 19.2 Å². The number of pyridine rings is 1. The van der Waals surface area contributed by atoms with Gasteiger partial charge < -0.3 is 14.1 Å². The number of halogens is 1. The molecule has 7 nitrogen and oxygen atoms in total. The molecule has 8 heteroatoms. The quantitative estimate of drug-likeness (QED) is 0.261. The van der Waals surface area contributed by atoms with Crippen LogP contribution in [0.1, 0.15) is 34.1 Å². The number of rotatable bonds is 5. The standard InChI is InChI=1S/C30H22BrN3O4/c1-37-25-11-6-5-10-20(25)24-17-23(33-34(24)30(36)26-12-7-15-38-26)28-27(18-8-3-2-4-9-18)21-16-19(31)13-14-22(21)32-29(28)35/h2-16,24H,17H2,1H3,(H,32,35)/t24-/m0/s1. The van der Waals surface area contributed by atoms with E-state index in [1.165, 1.54) is 11.3 Å². The van der Waals surface area contributed by atoms with Crippen LogP contribution < -0.4 is 10.3 Å². The molecule has 1 N–H and O–H groups in total. The predicted octanol–water partition coefficient (Wildman–Crippen LogP) is 6.55. The maximum absolute atomic E-state index is 13.7. The normalized spacial score (nSPS) is 15.1. The Balaban J connectivity index is 1.59. The predicted molar refractivity (Wildman–Crippen MR) is 149 cm³/mol. The number of furan rings is 1. The van der Waals surface area contributed by atoms with Gasteiger partial charge in [0.25, 0.3) is 5.56 Å². The molecule has 0 unspecified atom stereocenters. The monoisotopic (exact) mass is 567 g/mol. The molecule has 1 atom stereocenters. The summed E-state index contributed by atoms with van der Waals surface area (Å²) in [6.45, 7) is 0. The number of para-hydroxylation sites is 1. The third-order valence-electron chi connectivity index (χ3n) is 6.68. The van der Waals surface area contributed by atoms with Gasteiger partial charge in [-0.05, 0) is 42.0 Å². The van der Waals surface area contributed by atoms with Gasteiger partial charge in [-0.3, -0.25) is 9.59 Å². The molecule has 1 aliphatic heterocycles. The van der Waals surface area contributed by atoms with Crippen LogP contribution in [0.5, 0.6) is 5.75 Å². The molecule has 1 aliphatic rings. The summed E-state index contributed by atoms with van der Waals surface area (Å²) >= 11 is 3.57. The molecule has 188 valence electrons. The lowest BCUT2D eigenvalue weighted by Crippen LogP contribution is -2.27. The number of hydrazone groups is 1.